The second-order valence-corrected chi connectivity index (χ2v) is 9.39. The Morgan fingerprint density at radius 1 is 0.862 bits per heavy atom. The van der Waals surface area contributed by atoms with Crippen molar-refractivity contribution in [2.45, 2.75) is 5.66 Å². The highest BCUT2D eigenvalue weighted by Crippen LogP contribution is 2.60. The van der Waals surface area contributed by atoms with Crippen molar-refractivity contribution in [1.29, 1.82) is 0 Å². The van der Waals surface area contributed by atoms with E-state index in [2.05, 4.69) is 6.58 Å². The number of methoxy groups -OCH3 is 2. The smallest absolute Gasteiger partial charge is 0.334 e. The van der Waals surface area contributed by atoms with Crippen LogP contribution >= 0.6 is 7.14 Å². The van der Waals surface area contributed by atoms with Gasteiger partial charge in [-0.1, -0.05) is 79.4 Å². The Bertz CT molecular complexity index is 1000. The van der Waals surface area contributed by atoms with Crippen LogP contribution in [0.3, 0.4) is 0 Å². The lowest BCUT2D eigenvalue weighted by molar-refractivity contribution is -0.136. The van der Waals surface area contributed by atoms with E-state index >= 15 is 0 Å². The summed E-state index contributed by atoms with van der Waals surface area (Å²) in [4.78, 5) is 12.5. The van der Waals surface area contributed by atoms with Crippen molar-refractivity contribution < 1.29 is 18.8 Å². The summed E-state index contributed by atoms with van der Waals surface area (Å²) in [6.07, 6.45) is 0. The highest BCUT2D eigenvalue weighted by atomic mass is 31.2. The van der Waals surface area contributed by atoms with E-state index in [9.17, 15) is 9.36 Å². The predicted molar refractivity (Wildman–Crippen MR) is 117 cm³/mol. The molecular formula is C24H23O4P. The number of rotatable bonds is 7. The molecule has 0 radical (unpaired) electrons. The maximum atomic E-state index is 14.9. The van der Waals surface area contributed by atoms with Crippen LogP contribution in [0.1, 0.15) is 11.2 Å². The average Bonchev–Trinajstić information content (AvgIpc) is 2.79. The third-order valence-corrected chi connectivity index (χ3v) is 8.30. The molecular weight excluding hydrogens is 383 g/mol. The molecule has 0 aliphatic carbocycles. The molecule has 0 amide bonds. The van der Waals surface area contributed by atoms with Gasteiger partial charge in [-0.05, 0) is 17.7 Å². The Morgan fingerprint density at radius 2 is 1.41 bits per heavy atom. The minimum Gasteiger partial charge on any atom is -0.497 e. The van der Waals surface area contributed by atoms with E-state index in [1.807, 2.05) is 72.8 Å². The van der Waals surface area contributed by atoms with E-state index in [-0.39, 0.29) is 5.57 Å². The molecule has 0 aliphatic heterocycles. The van der Waals surface area contributed by atoms with Crippen molar-refractivity contribution in [3.05, 3.63) is 103 Å². The molecule has 29 heavy (non-hydrogen) atoms. The van der Waals surface area contributed by atoms with Gasteiger partial charge in [-0.2, -0.15) is 0 Å². The van der Waals surface area contributed by atoms with Gasteiger partial charge in [-0.25, -0.2) is 4.79 Å². The molecule has 0 N–H and O–H groups in total. The van der Waals surface area contributed by atoms with Crippen LogP contribution in [-0.2, 0) is 14.1 Å². The first kappa shape index (κ1) is 20.6. The molecule has 0 aromatic heterocycles. The van der Waals surface area contributed by atoms with E-state index in [1.165, 1.54) is 7.11 Å². The van der Waals surface area contributed by atoms with Gasteiger partial charge in [-0.3, -0.25) is 0 Å². The number of hydrogen-bond acceptors (Lipinski definition) is 4. The highest BCUT2D eigenvalue weighted by molar-refractivity contribution is 7.79. The summed E-state index contributed by atoms with van der Waals surface area (Å²) < 4.78 is 25.2. The Hall–Kier alpha value is -3.10. The average molecular weight is 406 g/mol. The van der Waals surface area contributed by atoms with E-state index in [1.54, 1.807) is 19.2 Å². The topological polar surface area (TPSA) is 52.6 Å². The number of hydrogen-bond donors (Lipinski definition) is 0. The maximum Gasteiger partial charge on any atom is 0.334 e. The number of esters is 1. The molecule has 5 heteroatoms. The molecule has 4 nitrogen and oxygen atoms in total. The minimum absolute atomic E-state index is 0.136. The number of benzene rings is 3. The lowest BCUT2D eigenvalue weighted by atomic mass is 10.1. The standard InChI is InChI=1S/C24H23O4P/c1-18(24(25)28-3)23(19-11-10-12-20(17-19)27-2)29(26,21-13-6-4-7-14-21)22-15-8-5-9-16-22/h4-17,23H,1H2,2-3H3/t23-/m0/s1. The van der Waals surface area contributed by atoms with Crippen molar-refractivity contribution in [3.63, 3.8) is 0 Å². The van der Waals surface area contributed by atoms with Crippen LogP contribution in [0.25, 0.3) is 0 Å². The molecule has 0 aliphatic rings. The lowest BCUT2D eigenvalue weighted by Crippen LogP contribution is -2.25. The van der Waals surface area contributed by atoms with Gasteiger partial charge in [0.2, 0.25) is 0 Å². The normalized spacial score (nSPS) is 12.1. The third-order valence-electron chi connectivity index (χ3n) is 4.83. The SMILES string of the molecule is C=C(C(=O)OC)[C@@H](c1cccc(OC)c1)P(=O)(c1ccccc1)c1ccccc1. The fourth-order valence-electron chi connectivity index (χ4n) is 3.43. The second-order valence-electron chi connectivity index (χ2n) is 6.53. The van der Waals surface area contributed by atoms with Gasteiger partial charge in [0.25, 0.3) is 0 Å². The van der Waals surface area contributed by atoms with Crippen LogP contribution in [0.5, 0.6) is 5.75 Å². The monoisotopic (exact) mass is 406 g/mol. The molecule has 0 bridgehead atoms. The molecule has 0 unspecified atom stereocenters. The molecule has 0 saturated carbocycles. The first-order valence-electron chi connectivity index (χ1n) is 9.14. The van der Waals surface area contributed by atoms with Crippen molar-refractivity contribution in [2.24, 2.45) is 0 Å². The molecule has 0 fully saturated rings. The van der Waals surface area contributed by atoms with Crippen LogP contribution in [0.4, 0.5) is 0 Å². The fourth-order valence-corrected chi connectivity index (χ4v) is 6.68. The van der Waals surface area contributed by atoms with Crippen LogP contribution in [0.2, 0.25) is 0 Å². The van der Waals surface area contributed by atoms with Crippen LogP contribution < -0.4 is 15.3 Å². The fraction of sp³-hybridized carbons (Fsp3) is 0.125. The van der Waals surface area contributed by atoms with Crippen LogP contribution in [0.15, 0.2) is 97.1 Å². The van der Waals surface area contributed by atoms with Gasteiger partial charge in [0, 0.05) is 16.2 Å². The summed E-state index contributed by atoms with van der Waals surface area (Å²) in [6, 6.07) is 25.6. The van der Waals surface area contributed by atoms with E-state index in [4.69, 9.17) is 9.47 Å². The van der Waals surface area contributed by atoms with Gasteiger partial charge in [0.1, 0.15) is 5.75 Å². The van der Waals surface area contributed by atoms with E-state index in [0.29, 0.717) is 21.9 Å². The van der Waals surface area contributed by atoms with Crippen molar-refractivity contribution in [1.82, 2.24) is 0 Å². The van der Waals surface area contributed by atoms with Gasteiger partial charge in [0.05, 0.1) is 19.9 Å². The number of ether oxygens (including phenoxy) is 2. The van der Waals surface area contributed by atoms with Gasteiger partial charge in [-0.15, -0.1) is 0 Å². The molecule has 3 aromatic carbocycles. The zero-order valence-electron chi connectivity index (χ0n) is 16.4. The first-order chi connectivity index (χ1) is 14.0. The summed E-state index contributed by atoms with van der Waals surface area (Å²) >= 11 is 0. The van der Waals surface area contributed by atoms with Gasteiger partial charge in [0.15, 0.2) is 7.14 Å². The van der Waals surface area contributed by atoms with Crippen molar-refractivity contribution in [3.8, 4) is 5.75 Å². The van der Waals surface area contributed by atoms with Gasteiger partial charge < -0.3 is 14.0 Å². The number of carbonyl (C=O) groups excluding carboxylic acids is 1. The molecule has 0 saturated heterocycles. The predicted octanol–water partition coefficient (Wildman–Crippen LogP) is 4.48. The molecule has 3 aromatic rings. The Balaban J connectivity index is 2.33. The quantitative estimate of drug-likeness (QED) is 0.330. The second kappa shape index (κ2) is 8.93. The maximum absolute atomic E-state index is 14.9. The third kappa shape index (κ3) is 4.03. The van der Waals surface area contributed by atoms with Gasteiger partial charge >= 0.3 is 5.97 Å². The van der Waals surface area contributed by atoms with E-state index < -0.39 is 18.8 Å². The minimum atomic E-state index is -3.37. The molecule has 3 rings (SSSR count). The first-order valence-corrected chi connectivity index (χ1v) is 10.9. The molecule has 148 valence electrons. The summed E-state index contributed by atoms with van der Waals surface area (Å²) in [5.41, 5.74) is 0.0161. The summed E-state index contributed by atoms with van der Waals surface area (Å²) in [6.45, 7) is 3.99. The van der Waals surface area contributed by atoms with Crippen LogP contribution in [-0.4, -0.2) is 20.2 Å². The zero-order chi connectivity index (χ0) is 20.9. The van der Waals surface area contributed by atoms with Crippen molar-refractivity contribution >= 4 is 23.7 Å². The molecule has 1 atom stereocenters. The molecule has 0 spiro atoms. The zero-order valence-corrected chi connectivity index (χ0v) is 17.3. The Kier molecular flexibility index (Phi) is 6.36. The van der Waals surface area contributed by atoms with E-state index in [0.717, 1.165) is 0 Å². The highest BCUT2D eigenvalue weighted by Gasteiger charge is 2.41. The Morgan fingerprint density at radius 3 is 1.90 bits per heavy atom. The summed E-state index contributed by atoms with van der Waals surface area (Å²) in [7, 11) is -0.501. The van der Waals surface area contributed by atoms with Crippen molar-refractivity contribution in [2.75, 3.05) is 14.2 Å². The number of carbonyl (C=O) groups is 1. The summed E-state index contributed by atoms with van der Waals surface area (Å²) in [5.74, 6) is 0.0164. The summed E-state index contributed by atoms with van der Waals surface area (Å²) in [5, 5.41) is 1.29. The molecule has 0 heterocycles. The van der Waals surface area contributed by atoms with Crippen LogP contribution in [0, 0.1) is 0 Å². The largest absolute Gasteiger partial charge is 0.497 e. The lowest BCUT2D eigenvalue weighted by Gasteiger charge is -2.30. The Labute approximate surface area is 171 Å².